The maximum absolute atomic E-state index is 12.4. The number of alkyl halides is 2. The van der Waals surface area contributed by atoms with E-state index in [9.17, 15) is 9.59 Å². The summed E-state index contributed by atoms with van der Waals surface area (Å²) < 4.78 is -1.06. The first-order valence-corrected chi connectivity index (χ1v) is 8.94. The number of amides is 2. The fraction of sp³-hybridized carbons (Fsp3) is 0.529. The largest absolute Gasteiger partial charge is 0.348 e. The van der Waals surface area contributed by atoms with Gasteiger partial charge in [0.25, 0.3) is 0 Å². The van der Waals surface area contributed by atoms with Crippen LogP contribution in [0.5, 0.6) is 0 Å². The Morgan fingerprint density at radius 1 is 1.17 bits per heavy atom. The highest BCUT2D eigenvalue weighted by Gasteiger charge is 2.72. The van der Waals surface area contributed by atoms with E-state index in [1.807, 2.05) is 32.9 Å². The Balaban J connectivity index is 1.87. The summed E-state index contributed by atoms with van der Waals surface area (Å²) in [6.45, 7) is 5.54. The van der Waals surface area contributed by atoms with Crippen molar-refractivity contribution in [2.24, 2.45) is 11.3 Å². The number of hydrogen-bond acceptors (Lipinski definition) is 2. The van der Waals surface area contributed by atoms with E-state index in [0.29, 0.717) is 11.4 Å². The van der Waals surface area contributed by atoms with Crippen molar-refractivity contribution in [1.82, 2.24) is 10.6 Å². The lowest BCUT2D eigenvalue weighted by Gasteiger charge is -2.22. The van der Waals surface area contributed by atoms with Crippen molar-refractivity contribution in [3.05, 3.63) is 34.9 Å². The van der Waals surface area contributed by atoms with Crippen LogP contribution in [0, 0.1) is 11.3 Å². The molecule has 7 heteroatoms. The smallest absolute Gasteiger partial charge is 0.239 e. The zero-order valence-electron chi connectivity index (χ0n) is 13.8. The summed E-state index contributed by atoms with van der Waals surface area (Å²) in [7, 11) is 0. The summed E-state index contributed by atoms with van der Waals surface area (Å²) in [5.74, 6) is -0.569. The van der Waals surface area contributed by atoms with Crippen LogP contribution in [0.3, 0.4) is 0 Å². The summed E-state index contributed by atoms with van der Waals surface area (Å²) in [6.07, 6.45) is 0.398. The molecule has 2 amide bonds. The number of halogens is 3. The minimum atomic E-state index is -1.06. The quantitative estimate of drug-likeness (QED) is 0.724. The number of carbonyl (C=O) groups is 2. The minimum absolute atomic E-state index is 0.0106. The van der Waals surface area contributed by atoms with E-state index in [2.05, 4.69) is 10.6 Å². The fourth-order valence-electron chi connectivity index (χ4n) is 2.89. The molecule has 0 saturated heterocycles. The van der Waals surface area contributed by atoms with Crippen LogP contribution in [0.25, 0.3) is 0 Å². The molecule has 1 aromatic rings. The van der Waals surface area contributed by atoms with Gasteiger partial charge in [0.05, 0.1) is 18.0 Å². The Morgan fingerprint density at radius 2 is 1.71 bits per heavy atom. The average molecular weight is 392 g/mol. The van der Waals surface area contributed by atoms with Gasteiger partial charge in [0.2, 0.25) is 11.8 Å². The normalized spacial score (nSPS) is 22.8. The van der Waals surface area contributed by atoms with Gasteiger partial charge in [0, 0.05) is 5.02 Å². The second-order valence-electron chi connectivity index (χ2n) is 6.53. The van der Waals surface area contributed by atoms with Gasteiger partial charge in [-0.2, -0.15) is 0 Å². The molecule has 0 spiro atoms. The Kier molecular flexibility index (Phi) is 5.73. The maximum atomic E-state index is 12.4. The molecule has 0 radical (unpaired) electrons. The molecular weight excluding hydrogens is 371 g/mol. The molecule has 1 aromatic carbocycles. The number of hydrogen-bond donors (Lipinski definition) is 2. The van der Waals surface area contributed by atoms with E-state index >= 15 is 0 Å². The first-order chi connectivity index (χ1) is 11.1. The fourth-order valence-corrected chi connectivity index (χ4v) is 4.04. The summed E-state index contributed by atoms with van der Waals surface area (Å²) >= 11 is 18.1. The van der Waals surface area contributed by atoms with E-state index in [4.69, 9.17) is 34.8 Å². The van der Waals surface area contributed by atoms with Crippen LogP contribution in [0.2, 0.25) is 5.02 Å². The third kappa shape index (κ3) is 3.81. The Bertz CT molecular complexity index is 631. The van der Waals surface area contributed by atoms with Crippen molar-refractivity contribution in [2.45, 2.75) is 37.6 Å². The van der Waals surface area contributed by atoms with Crippen LogP contribution in [-0.2, 0) is 9.59 Å². The molecule has 132 valence electrons. The van der Waals surface area contributed by atoms with Gasteiger partial charge in [-0.3, -0.25) is 9.59 Å². The highest BCUT2D eigenvalue weighted by atomic mass is 35.5. The Labute approximate surface area is 157 Å². The number of rotatable bonds is 6. The summed E-state index contributed by atoms with van der Waals surface area (Å²) in [5.41, 5.74) is 0.110. The monoisotopic (exact) mass is 390 g/mol. The lowest BCUT2D eigenvalue weighted by Crippen LogP contribution is -2.43. The second kappa shape index (κ2) is 7.11. The van der Waals surface area contributed by atoms with Crippen molar-refractivity contribution in [1.29, 1.82) is 0 Å². The van der Waals surface area contributed by atoms with Crippen LogP contribution in [-0.4, -0.2) is 22.7 Å². The minimum Gasteiger partial charge on any atom is -0.348 e. The highest BCUT2D eigenvalue weighted by molar-refractivity contribution is 6.53. The first kappa shape index (κ1) is 19.4. The Morgan fingerprint density at radius 3 is 2.17 bits per heavy atom. The van der Waals surface area contributed by atoms with Crippen molar-refractivity contribution in [3.8, 4) is 0 Å². The zero-order chi connectivity index (χ0) is 18.1. The summed E-state index contributed by atoms with van der Waals surface area (Å²) in [4.78, 5) is 24.5. The first-order valence-electron chi connectivity index (χ1n) is 7.81. The Hall–Kier alpha value is -0.970. The molecule has 24 heavy (non-hydrogen) atoms. The molecule has 0 heterocycles. The summed E-state index contributed by atoms with van der Waals surface area (Å²) in [6, 6.07) is 7.04. The SMILES string of the molecule is CC(NC(=O)CNC(=O)C1(C(C)C)CC1(Cl)Cl)c1ccc(Cl)cc1. The van der Waals surface area contributed by atoms with Crippen molar-refractivity contribution in [3.63, 3.8) is 0 Å². The lowest BCUT2D eigenvalue weighted by atomic mass is 9.91. The molecule has 2 unspecified atom stereocenters. The average Bonchev–Trinajstić information content (AvgIpc) is 3.10. The van der Waals surface area contributed by atoms with Gasteiger partial charge in [-0.15, -0.1) is 23.2 Å². The third-order valence-electron chi connectivity index (χ3n) is 4.58. The predicted octanol–water partition coefficient (Wildman–Crippen LogP) is 3.85. The molecule has 1 aliphatic rings. The second-order valence-corrected chi connectivity index (χ2v) is 8.45. The summed E-state index contributed by atoms with van der Waals surface area (Å²) in [5, 5.41) is 6.11. The van der Waals surface area contributed by atoms with Gasteiger partial charge >= 0.3 is 0 Å². The molecule has 2 rings (SSSR count). The van der Waals surface area contributed by atoms with E-state index < -0.39 is 9.75 Å². The highest BCUT2D eigenvalue weighted by Crippen LogP contribution is 2.67. The lowest BCUT2D eigenvalue weighted by molar-refractivity contribution is -0.131. The van der Waals surface area contributed by atoms with E-state index in [-0.39, 0.29) is 30.3 Å². The van der Waals surface area contributed by atoms with Gasteiger partial charge in [-0.25, -0.2) is 0 Å². The van der Waals surface area contributed by atoms with Crippen LogP contribution in [0.4, 0.5) is 0 Å². The molecule has 1 fully saturated rings. The molecule has 0 aliphatic heterocycles. The van der Waals surface area contributed by atoms with Crippen LogP contribution in [0.1, 0.15) is 38.8 Å². The van der Waals surface area contributed by atoms with Crippen molar-refractivity contribution >= 4 is 46.6 Å². The number of benzene rings is 1. The molecule has 2 atom stereocenters. The van der Waals surface area contributed by atoms with Crippen LogP contribution < -0.4 is 10.6 Å². The van der Waals surface area contributed by atoms with Gasteiger partial charge in [-0.1, -0.05) is 37.6 Å². The van der Waals surface area contributed by atoms with Gasteiger partial charge in [0.15, 0.2) is 0 Å². The molecule has 0 aromatic heterocycles. The molecular formula is C17H21Cl3N2O2. The molecule has 0 bridgehead atoms. The van der Waals surface area contributed by atoms with Gasteiger partial charge < -0.3 is 10.6 Å². The molecule has 1 saturated carbocycles. The van der Waals surface area contributed by atoms with E-state index in [1.165, 1.54) is 0 Å². The molecule has 1 aliphatic carbocycles. The zero-order valence-corrected chi connectivity index (χ0v) is 16.1. The van der Waals surface area contributed by atoms with Crippen molar-refractivity contribution in [2.75, 3.05) is 6.54 Å². The van der Waals surface area contributed by atoms with Gasteiger partial charge in [-0.05, 0) is 37.0 Å². The third-order valence-corrected chi connectivity index (χ3v) is 5.77. The van der Waals surface area contributed by atoms with Crippen molar-refractivity contribution < 1.29 is 9.59 Å². The number of carbonyl (C=O) groups excluding carboxylic acids is 2. The number of nitrogens with one attached hydrogen (secondary N) is 2. The van der Waals surface area contributed by atoms with Gasteiger partial charge in [0.1, 0.15) is 4.33 Å². The molecule has 4 nitrogen and oxygen atoms in total. The maximum Gasteiger partial charge on any atom is 0.239 e. The topological polar surface area (TPSA) is 58.2 Å². The van der Waals surface area contributed by atoms with Crippen LogP contribution in [0.15, 0.2) is 24.3 Å². The molecule has 2 N–H and O–H groups in total. The van der Waals surface area contributed by atoms with E-state index in [0.717, 1.165) is 5.56 Å². The van der Waals surface area contributed by atoms with E-state index in [1.54, 1.807) is 12.1 Å². The predicted molar refractivity (Wildman–Crippen MR) is 97.3 cm³/mol. The van der Waals surface area contributed by atoms with Crippen LogP contribution >= 0.6 is 34.8 Å². The standard InChI is InChI=1S/C17H21Cl3N2O2/c1-10(2)16(9-17(16,19)20)15(24)21-8-14(23)22-11(3)12-4-6-13(18)7-5-12/h4-7,10-11H,8-9H2,1-3H3,(H,21,24)(H,22,23).